The number of carbonyl (C=O) groups is 3. The van der Waals surface area contributed by atoms with Gasteiger partial charge in [-0.05, 0) is 65.0 Å². The highest BCUT2D eigenvalue weighted by atomic mass is 16.8. The smallest absolute Gasteiger partial charge is 0.420 e. The Morgan fingerprint density at radius 1 is 1.02 bits per heavy atom. The monoisotopic (exact) mass is 636 g/mol. The number of terminal acetylenes is 1. The van der Waals surface area contributed by atoms with Crippen LogP contribution < -0.4 is 4.90 Å². The van der Waals surface area contributed by atoms with E-state index in [1.807, 2.05) is 0 Å². The summed E-state index contributed by atoms with van der Waals surface area (Å²) < 4.78 is 26.5. The van der Waals surface area contributed by atoms with Gasteiger partial charge in [0, 0.05) is 5.56 Å². The molecular formula is C34H32N6O7. The number of carbonyl (C=O) groups excluding carboxylic acids is 3. The molecule has 0 spiro atoms. The second kappa shape index (κ2) is 11.0. The van der Waals surface area contributed by atoms with Gasteiger partial charge < -0.3 is 18.9 Å². The predicted octanol–water partition coefficient (Wildman–Crippen LogP) is 4.59. The standard InChI is InChI=1S/C34H32N6O7/c1-7-19-11-10-12-20(15-19)40(32(43)47-33(2,3)4)28-24-27(35-17-36-28)39(18-37-24)31-26-25(45-34(5,6)46-26)23(44-31)16-38-29(41)21-13-8-9-14-22(21)30(38)42/h1,8-15,17-18,23,25-26,31H,16H2,2-6H3/t23-,25-,26-,31-/m1/s1. The number of benzene rings is 2. The zero-order chi connectivity index (χ0) is 33.2. The average molecular weight is 637 g/mol. The van der Waals surface area contributed by atoms with Gasteiger partial charge in [-0.25, -0.2) is 24.6 Å². The second-order valence-corrected chi connectivity index (χ2v) is 12.9. The van der Waals surface area contributed by atoms with E-state index in [9.17, 15) is 14.4 Å². The molecule has 0 bridgehead atoms. The molecule has 13 nitrogen and oxygen atoms in total. The Balaban J connectivity index is 1.26. The number of ether oxygens (including phenoxy) is 4. The Kier molecular flexibility index (Phi) is 7.12. The van der Waals surface area contributed by atoms with Crippen LogP contribution in [0, 0.1) is 12.3 Å². The van der Waals surface area contributed by atoms with Gasteiger partial charge in [0.2, 0.25) is 0 Å². The first kappa shape index (κ1) is 30.5. The van der Waals surface area contributed by atoms with Crippen molar-refractivity contribution in [3.05, 3.63) is 77.9 Å². The van der Waals surface area contributed by atoms with E-state index < -0.39 is 53.8 Å². The van der Waals surface area contributed by atoms with E-state index in [2.05, 4.69) is 20.9 Å². The van der Waals surface area contributed by atoms with Crippen LogP contribution in [-0.2, 0) is 18.9 Å². The molecule has 13 heteroatoms. The average Bonchev–Trinajstić information content (AvgIpc) is 3.74. The Morgan fingerprint density at radius 3 is 2.40 bits per heavy atom. The van der Waals surface area contributed by atoms with Gasteiger partial charge in [0.25, 0.3) is 11.8 Å². The number of fused-ring (bicyclic) bond motifs is 3. The van der Waals surface area contributed by atoms with E-state index in [-0.39, 0.29) is 17.9 Å². The van der Waals surface area contributed by atoms with Crippen molar-refractivity contribution in [1.29, 1.82) is 0 Å². The largest absolute Gasteiger partial charge is 0.443 e. The lowest BCUT2D eigenvalue weighted by Gasteiger charge is -2.27. The molecule has 0 radical (unpaired) electrons. The lowest BCUT2D eigenvalue weighted by Crippen LogP contribution is -2.42. The molecule has 0 N–H and O–H groups in total. The van der Waals surface area contributed by atoms with E-state index in [0.717, 1.165) is 0 Å². The molecule has 3 amide bonds. The summed E-state index contributed by atoms with van der Waals surface area (Å²) in [7, 11) is 0. The van der Waals surface area contributed by atoms with Crippen molar-refractivity contribution in [2.24, 2.45) is 0 Å². The molecule has 2 aromatic carbocycles. The van der Waals surface area contributed by atoms with E-state index in [1.54, 1.807) is 87.7 Å². The van der Waals surface area contributed by atoms with Gasteiger partial charge in [0.15, 0.2) is 29.0 Å². The molecular weight excluding hydrogens is 604 g/mol. The van der Waals surface area contributed by atoms with Gasteiger partial charge in [-0.1, -0.05) is 24.1 Å². The number of nitrogens with zero attached hydrogens (tertiary/aromatic N) is 6. The van der Waals surface area contributed by atoms with Crippen molar-refractivity contribution in [3.63, 3.8) is 0 Å². The van der Waals surface area contributed by atoms with Crippen LogP contribution >= 0.6 is 0 Å². The molecule has 240 valence electrons. The van der Waals surface area contributed by atoms with Gasteiger partial charge in [0.05, 0.1) is 29.7 Å². The van der Waals surface area contributed by atoms with Crippen molar-refractivity contribution in [2.75, 3.05) is 11.4 Å². The van der Waals surface area contributed by atoms with Gasteiger partial charge in [-0.15, -0.1) is 6.42 Å². The first-order chi connectivity index (χ1) is 22.3. The fourth-order valence-electron chi connectivity index (χ4n) is 6.16. The zero-order valence-electron chi connectivity index (χ0n) is 26.4. The molecule has 3 aliphatic heterocycles. The summed E-state index contributed by atoms with van der Waals surface area (Å²) in [5, 5.41) is 0. The number of imidazole rings is 1. The maximum Gasteiger partial charge on any atom is 0.420 e. The number of imide groups is 1. The van der Waals surface area contributed by atoms with Crippen molar-refractivity contribution >= 4 is 40.6 Å². The van der Waals surface area contributed by atoms with E-state index in [4.69, 9.17) is 25.4 Å². The van der Waals surface area contributed by atoms with Crippen LogP contribution in [0.15, 0.2) is 61.2 Å². The Morgan fingerprint density at radius 2 is 1.72 bits per heavy atom. The van der Waals surface area contributed by atoms with Crippen LogP contribution in [-0.4, -0.2) is 78.6 Å². The molecule has 2 aromatic heterocycles. The molecule has 0 saturated carbocycles. The summed E-state index contributed by atoms with van der Waals surface area (Å²) in [6.45, 7) is 8.83. The fourth-order valence-corrected chi connectivity index (χ4v) is 6.16. The van der Waals surface area contributed by atoms with Crippen LogP contribution in [0.1, 0.15) is 67.1 Å². The first-order valence-electron chi connectivity index (χ1n) is 15.1. The predicted molar refractivity (Wildman–Crippen MR) is 168 cm³/mol. The molecule has 3 aliphatic rings. The molecule has 47 heavy (non-hydrogen) atoms. The minimum Gasteiger partial charge on any atom is -0.443 e. The summed E-state index contributed by atoms with van der Waals surface area (Å²) in [6.07, 6.45) is 5.01. The third-order valence-corrected chi connectivity index (χ3v) is 8.04. The van der Waals surface area contributed by atoms with Gasteiger partial charge >= 0.3 is 6.09 Å². The van der Waals surface area contributed by atoms with Crippen molar-refractivity contribution in [1.82, 2.24) is 24.4 Å². The number of aromatic nitrogens is 4. The molecule has 2 fully saturated rings. The Labute approximate surface area is 270 Å². The maximum absolute atomic E-state index is 13.7. The first-order valence-corrected chi connectivity index (χ1v) is 15.1. The minimum atomic E-state index is -0.969. The van der Waals surface area contributed by atoms with Gasteiger partial charge in [-0.2, -0.15) is 0 Å². The second-order valence-electron chi connectivity index (χ2n) is 12.9. The number of amides is 3. The van der Waals surface area contributed by atoms with Gasteiger partial charge in [-0.3, -0.25) is 19.1 Å². The molecule has 4 aromatic rings. The van der Waals surface area contributed by atoms with Crippen molar-refractivity contribution in [3.8, 4) is 12.3 Å². The molecule has 7 rings (SSSR count). The summed E-state index contributed by atoms with van der Waals surface area (Å²) in [4.78, 5) is 56.1. The Bertz CT molecular complexity index is 1940. The SMILES string of the molecule is C#Cc1cccc(N(C(=O)OC(C)(C)C)c2ncnc3c2ncn3[C@@H]2O[C@H](CN3C(=O)c4ccccc4C3=O)[C@H]3OC(C)(C)O[C@H]32)c1. The van der Waals surface area contributed by atoms with E-state index in [1.165, 1.54) is 22.5 Å². The topological polar surface area (TPSA) is 138 Å². The number of hydrogen-bond donors (Lipinski definition) is 0. The van der Waals surface area contributed by atoms with Crippen LogP contribution in [0.25, 0.3) is 11.2 Å². The third-order valence-electron chi connectivity index (χ3n) is 8.04. The summed E-state index contributed by atoms with van der Waals surface area (Å²) in [6, 6.07) is 13.6. The Hall–Kier alpha value is -5.16. The zero-order valence-corrected chi connectivity index (χ0v) is 26.4. The molecule has 4 atom stereocenters. The fraction of sp³-hybridized carbons (Fsp3) is 0.353. The third kappa shape index (κ3) is 5.30. The minimum absolute atomic E-state index is 0.0474. The highest BCUT2D eigenvalue weighted by Gasteiger charge is 2.57. The highest BCUT2D eigenvalue weighted by Crippen LogP contribution is 2.45. The molecule has 5 heterocycles. The summed E-state index contributed by atoms with van der Waals surface area (Å²) in [5.74, 6) is 0.996. The number of anilines is 2. The number of hydrogen-bond acceptors (Lipinski definition) is 10. The van der Waals surface area contributed by atoms with Crippen LogP contribution in [0.5, 0.6) is 0 Å². The molecule has 2 saturated heterocycles. The molecule has 0 unspecified atom stereocenters. The summed E-state index contributed by atoms with van der Waals surface area (Å²) in [5.41, 5.74) is 1.50. The van der Waals surface area contributed by atoms with Crippen molar-refractivity contribution in [2.45, 2.75) is 70.5 Å². The van der Waals surface area contributed by atoms with Crippen LogP contribution in [0.2, 0.25) is 0 Å². The number of rotatable bonds is 5. The van der Waals surface area contributed by atoms with Gasteiger partial charge in [0.1, 0.15) is 30.2 Å². The lowest BCUT2D eigenvalue weighted by molar-refractivity contribution is -0.196. The maximum atomic E-state index is 13.7. The van der Waals surface area contributed by atoms with E-state index in [0.29, 0.717) is 28.0 Å². The van der Waals surface area contributed by atoms with Crippen LogP contribution in [0.3, 0.4) is 0 Å². The quantitative estimate of drug-likeness (QED) is 0.226. The van der Waals surface area contributed by atoms with Crippen molar-refractivity contribution < 1.29 is 33.3 Å². The summed E-state index contributed by atoms with van der Waals surface area (Å²) >= 11 is 0. The molecule has 0 aliphatic carbocycles. The lowest BCUT2D eigenvalue weighted by atomic mass is 10.1. The van der Waals surface area contributed by atoms with E-state index >= 15 is 0 Å². The normalized spacial score (nSPS) is 23.1. The highest BCUT2D eigenvalue weighted by molar-refractivity contribution is 6.21. The van der Waals surface area contributed by atoms with Crippen LogP contribution in [0.4, 0.5) is 16.3 Å².